The smallest absolute Gasteiger partial charge is 0.251 e. The van der Waals surface area contributed by atoms with Crippen molar-refractivity contribution in [2.45, 2.75) is 36.8 Å². The van der Waals surface area contributed by atoms with Gasteiger partial charge in [0.2, 0.25) is 5.91 Å². The standard InChI is InChI=1S/C31H28ClN3O5/c1-16-13-17(32)14-21-26(16)34-29(38)31(21)30(20-7-4-5-8-22(20)33-28(30)37)25(23-9-6-12-35(23)31)27(36)19-11-10-18(39-2)15-24(19)40-3/h4-5,7-8,10-11,13-15,23,25H,6,9,12H2,1-3H3,(H,33,37)(H,34,38)/t23-,25+,30-,31-/m1/s1. The van der Waals surface area contributed by atoms with Crippen molar-refractivity contribution in [2.75, 3.05) is 31.4 Å². The quantitative estimate of drug-likeness (QED) is 0.452. The van der Waals surface area contributed by atoms with E-state index >= 15 is 0 Å². The zero-order valence-electron chi connectivity index (χ0n) is 22.3. The number of benzene rings is 3. The molecule has 3 aromatic carbocycles. The zero-order chi connectivity index (χ0) is 28.0. The van der Waals surface area contributed by atoms with Crippen LogP contribution in [-0.2, 0) is 20.5 Å². The van der Waals surface area contributed by atoms with E-state index in [9.17, 15) is 14.4 Å². The minimum absolute atomic E-state index is 0.250. The van der Waals surface area contributed by atoms with Crippen molar-refractivity contribution in [2.24, 2.45) is 5.92 Å². The molecule has 0 unspecified atom stereocenters. The third-order valence-corrected chi connectivity index (χ3v) is 9.54. The fourth-order valence-corrected chi connectivity index (χ4v) is 8.25. The largest absolute Gasteiger partial charge is 0.497 e. The summed E-state index contributed by atoms with van der Waals surface area (Å²) in [6, 6.07) is 15.7. The summed E-state index contributed by atoms with van der Waals surface area (Å²) >= 11 is 6.62. The van der Waals surface area contributed by atoms with Crippen LogP contribution in [0.3, 0.4) is 0 Å². The molecule has 0 aromatic heterocycles. The Hall–Kier alpha value is -3.88. The molecule has 0 radical (unpaired) electrons. The van der Waals surface area contributed by atoms with Gasteiger partial charge in [-0.25, -0.2) is 0 Å². The average molecular weight is 558 g/mol. The molecular formula is C31H28ClN3O5. The van der Waals surface area contributed by atoms with E-state index < -0.39 is 16.9 Å². The van der Waals surface area contributed by atoms with Crippen LogP contribution in [0, 0.1) is 12.8 Å². The third-order valence-electron chi connectivity index (χ3n) is 9.32. The van der Waals surface area contributed by atoms with Gasteiger partial charge in [-0.3, -0.25) is 19.3 Å². The molecule has 0 aliphatic carbocycles. The van der Waals surface area contributed by atoms with E-state index in [2.05, 4.69) is 15.5 Å². The van der Waals surface area contributed by atoms with Gasteiger partial charge in [-0.15, -0.1) is 0 Å². The van der Waals surface area contributed by atoms with Crippen LogP contribution < -0.4 is 20.1 Å². The van der Waals surface area contributed by atoms with E-state index in [-0.39, 0.29) is 23.6 Å². The molecule has 2 spiro atoms. The van der Waals surface area contributed by atoms with Crippen molar-refractivity contribution in [1.82, 2.24) is 4.90 Å². The van der Waals surface area contributed by atoms with Gasteiger partial charge >= 0.3 is 0 Å². The van der Waals surface area contributed by atoms with Gasteiger partial charge in [0, 0.05) is 34.1 Å². The molecule has 4 atom stereocenters. The van der Waals surface area contributed by atoms with Gasteiger partial charge in [-0.2, -0.15) is 0 Å². The maximum absolute atomic E-state index is 14.9. The molecule has 2 amide bonds. The Morgan fingerprint density at radius 2 is 1.80 bits per heavy atom. The van der Waals surface area contributed by atoms with Crippen LogP contribution in [0.25, 0.3) is 0 Å². The summed E-state index contributed by atoms with van der Waals surface area (Å²) in [5, 5.41) is 6.63. The number of methoxy groups -OCH3 is 2. The minimum atomic E-state index is -1.55. The van der Waals surface area contributed by atoms with Gasteiger partial charge in [0.05, 0.1) is 25.7 Å². The number of anilines is 2. The molecule has 7 rings (SSSR count). The van der Waals surface area contributed by atoms with Crippen LogP contribution in [0.2, 0.25) is 5.02 Å². The number of nitrogens with zero attached hydrogens (tertiary/aromatic N) is 1. The molecule has 2 N–H and O–H groups in total. The van der Waals surface area contributed by atoms with E-state index in [4.69, 9.17) is 21.1 Å². The molecule has 2 saturated heterocycles. The van der Waals surface area contributed by atoms with E-state index in [0.717, 1.165) is 12.0 Å². The minimum Gasteiger partial charge on any atom is -0.497 e. The Morgan fingerprint density at radius 1 is 1.00 bits per heavy atom. The number of rotatable bonds is 4. The molecule has 204 valence electrons. The molecule has 4 aliphatic heterocycles. The molecule has 4 aliphatic rings. The van der Waals surface area contributed by atoms with Crippen molar-refractivity contribution >= 4 is 40.6 Å². The Bertz CT molecular complexity index is 1640. The highest BCUT2D eigenvalue weighted by Crippen LogP contribution is 2.68. The lowest BCUT2D eigenvalue weighted by Gasteiger charge is -2.43. The Balaban J connectivity index is 1.58. The third kappa shape index (κ3) is 2.82. The number of nitrogens with one attached hydrogen (secondary N) is 2. The first kappa shape index (κ1) is 25.1. The van der Waals surface area contributed by atoms with E-state index in [1.165, 1.54) is 7.11 Å². The second-order valence-electron chi connectivity index (χ2n) is 10.9. The highest BCUT2D eigenvalue weighted by atomic mass is 35.5. The number of hydrogen-bond donors (Lipinski definition) is 2. The van der Waals surface area contributed by atoms with E-state index in [0.29, 0.717) is 57.6 Å². The summed E-state index contributed by atoms with van der Waals surface area (Å²) < 4.78 is 11.0. The van der Waals surface area contributed by atoms with Crippen molar-refractivity contribution in [3.05, 3.63) is 81.9 Å². The summed E-state index contributed by atoms with van der Waals surface area (Å²) in [6.45, 7) is 2.45. The number of aryl methyl sites for hydroxylation is 1. The number of carbonyl (C=O) groups excluding carboxylic acids is 3. The number of halogens is 1. The van der Waals surface area contributed by atoms with Crippen LogP contribution in [-0.4, -0.2) is 49.3 Å². The van der Waals surface area contributed by atoms with Crippen LogP contribution in [0.1, 0.15) is 39.9 Å². The number of ether oxygens (including phenoxy) is 2. The summed E-state index contributed by atoms with van der Waals surface area (Å²) in [5.74, 6) is -0.909. The molecule has 0 saturated carbocycles. The summed E-state index contributed by atoms with van der Waals surface area (Å²) in [7, 11) is 3.05. The van der Waals surface area contributed by atoms with Gasteiger partial charge in [0.1, 0.15) is 22.5 Å². The topological polar surface area (TPSA) is 97.0 Å². The SMILES string of the molecule is COc1ccc(C(=O)[C@@H]2[C@H]3CCCN3[C@]3(C(=O)Nc4c(C)cc(Cl)cc43)[C@@]23C(=O)Nc2ccccc23)c(OC)c1. The van der Waals surface area contributed by atoms with Crippen molar-refractivity contribution < 1.29 is 23.9 Å². The molecule has 40 heavy (non-hydrogen) atoms. The fraction of sp³-hybridized carbons (Fsp3) is 0.323. The summed E-state index contributed by atoms with van der Waals surface area (Å²) in [5.41, 5.74) is 0.643. The summed E-state index contributed by atoms with van der Waals surface area (Å²) in [4.78, 5) is 46.2. The molecule has 0 bridgehead atoms. The lowest BCUT2D eigenvalue weighted by Crippen LogP contribution is -2.62. The number of ketones is 1. The molecule has 4 heterocycles. The van der Waals surface area contributed by atoms with Crippen LogP contribution in [0.15, 0.2) is 54.6 Å². The zero-order valence-corrected chi connectivity index (χ0v) is 23.1. The normalized spacial score (nSPS) is 27.9. The first-order valence-corrected chi connectivity index (χ1v) is 13.7. The second-order valence-corrected chi connectivity index (χ2v) is 11.4. The predicted molar refractivity (Wildman–Crippen MR) is 150 cm³/mol. The van der Waals surface area contributed by atoms with E-state index in [1.807, 2.05) is 31.2 Å². The monoisotopic (exact) mass is 557 g/mol. The van der Waals surface area contributed by atoms with E-state index in [1.54, 1.807) is 37.4 Å². The predicted octanol–water partition coefficient (Wildman–Crippen LogP) is 4.68. The average Bonchev–Trinajstić information content (AvgIpc) is 3.67. The van der Waals surface area contributed by atoms with Crippen molar-refractivity contribution in [3.63, 3.8) is 0 Å². The highest BCUT2D eigenvalue weighted by molar-refractivity contribution is 6.31. The second kappa shape index (κ2) is 8.56. The number of fused-ring (bicyclic) bond motifs is 7. The first-order chi connectivity index (χ1) is 19.3. The summed E-state index contributed by atoms with van der Waals surface area (Å²) in [6.07, 6.45) is 1.45. The number of Topliss-reactive ketones (excluding diaryl/α,β-unsaturated/α-hetero) is 1. The van der Waals surface area contributed by atoms with Crippen LogP contribution >= 0.6 is 11.6 Å². The van der Waals surface area contributed by atoms with Gasteiger partial charge in [0.15, 0.2) is 5.78 Å². The lowest BCUT2D eigenvalue weighted by atomic mass is 9.57. The van der Waals surface area contributed by atoms with Crippen LogP contribution in [0.5, 0.6) is 11.5 Å². The molecular weight excluding hydrogens is 530 g/mol. The first-order valence-electron chi connectivity index (χ1n) is 13.4. The maximum Gasteiger partial charge on any atom is 0.251 e. The molecule has 3 aromatic rings. The Kier molecular flexibility index (Phi) is 5.37. The van der Waals surface area contributed by atoms with Gasteiger partial charge in [0.25, 0.3) is 5.91 Å². The highest BCUT2D eigenvalue weighted by Gasteiger charge is 2.81. The van der Waals surface area contributed by atoms with Crippen LogP contribution in [0.4, 0.5) is 11.4 Å². The Labute approximate surface area is 236 Å². The van der Waals surface area contributed by atoms with Gasteiger partial charge < -0.3 is 20.1 Å². The fourth-order valence-electron chi connectivity index (χ4n) is 7.98. The number of para-hydroxylation sites is 1. The Morgan fingerprint density at radius 3 is 2.58 bits per heavy atom. The number of carbonyl (C=O) groups is 3. The van der Waals surface area contributed by atoms with Crippen molar-refractivity contribution in [3.8, 4) is 11.5 Å². The van der Waals surface area contributed by atoms with Crippen molar-refractivity contribution in [1.29, 1.82) is 0 Å². The lowest BCUT2D eigenvalue weighted by molar-refractivity contribution is -0.137. The van der Waals surface area contributed by atoms with Gasteiger partial charge in [-0.1, -0.05) is 29.8 Å². The number of hydrogen-bond acceptors (Lipinski definition) is 6. The molecule has 2 fully saturated rings. The maximum atomic E-state index is 14.9. The molecule has 8 nitrogen and oxygen atoms in total. The molecule has 9 heteroatoms. The number of amides is 2. The van der Waals surface area contributed by atoms with Gasteiger partial charge in [-0.05, 0) is 67.8 Å².